The van der Waals surface area contributed by atoms with Crippen LogP contribution in [0.5, 0.6) is 0 Å². The number of benzene rings is 1. The highest BCUT2D eigenvalue weighted by Crippen LogP contribution is 2.23. The van der Waals surface area contributed by atoms with Gasteiger partial charge in [0.05, 0.1) is 12.1 Å². The number of carbonyl (C=O) groups excluding carboxylic acids is 1. The molecule has 0 N–H and O–H groups in total. The molecule has 0 radical (unpaired) electrons. The van der Waals surface area contributed by atoms with Crippen LogP contribution in [0.25, 0.3) is 5.82 Å². The Balaban J connectivity index is 1.98. The van der Waals surface area contributed by atoms with Gasteiger partial charge in [0.2, 0.25) is 0 Å². The molecule has 0 aliphatic heterocycles. The number of aryl methyl sites for hydroxylation is 2. The standard InChI is InChI=1S/C20H20N6O/c1-14-10-15(2)12-17(11-14)20(27)25(9-7-21)16(3)19-23-13-24-26(19)18-6-4-5-8-22-18/h4-6,8,10-13,16H,9H2,1-3H3. The topological polar surface area (TPSA) is 87.7 Å². The third-order valence-electron chi connectivity index (χ3n) is 4.25. The van der Waals surface area contributed by atoms with Crippen molar-refractivity contribution in [1.82, 2.24) is 24.6 Å². The van der Waals surface area contributed by atoms with Crippen LogP contribution in [-0.2, 0) is 0 Å². The fourth-order valence-electron chi connectivity index (χ4n) is 3.06. The molecule has 27 heavy (non-hydrogen) atoms. The van der Waals surface area contributed by atoms with Crippen molar-refractivity contribution in [3.8, 4) is 11.9 Å². The maximum absolute atomic E-state index is 13.1. The maximum atomic E-state index is 13.1. The van der Waals surface area contributed by atoms with Crippen molar-refractivity contribution >= 4 is 5.91 Å². The van der Waals surface area contributed by atoms with E-state index in [2.05, 4.69) is 21.1 Å². The Morgan fingerprint density at radius 2 is 1.96 bits per heavy atom. The minimum Gasteiger partial charge on any atom is -0.315 e. The molecule has 0 saturated carbocycles. The fraction of sp³-hybridized carbons (Fsp3) is 0.250. The molecule has 1 atom stereocenters. The predicted octanol–water partition coefficient (Wildman–Crippen LogP) is 3.01. The number of hydrogen-bond donors (Lipinski definition) is 0. The molecule has 2 aromatic heterocycles. The second kappa shape index (κ2) is 7.79. The first kappa shape index (κ1) is 18.3. The fourth-order valence-corrected chi connectivity index (χ4v) is 3.06. The Kier molecular flexibility index (Phi) is 5.27. The lowest BCUT2D eigenvalue weighted by atomic mass is 10.1. The van der Waals surface area contributed by atoms with Crippen molar-refractivity contribution < 1.29 is 4.79 Å². The Morgan fingerprint density at radius 3 is 2.59 bits per heavy atom. The van der Waals surface area contributed by atoms with Crippen molar-refractivity contribution in [3.05, 3.63) is 71.4 Å². The first-order valence-electron chi connectivity index (χ1n) is 8.59. The lowest BCUT2D eigenvalue weighted by Gasteiger charge is -2.26. The summed E-state index contributed by atoms with van der Waals surface area (Å²) in [5.41, 5.74) is 2.55. The molecule has 1 aromatic carbocycles. The van der Waals surface area contributed by atoms with Crippen LogP contribution < -0.4 is 0 Å². The van der Waals surface area contributed by atoms with E-state index in [1.54, 1.807) is 10.9 Å². The molecular weight excluding hydrogens is 340 g/mol. The third-order valence-corrected chi connectivity index (χ3v) is 4.25. The maximum Gasteiger partial charge on any atom is 0.255 e. The van der Waals surface area contributed by atoms with Crippen LogP contribution in [0.3, 0.4) is 0 Å². The molecule has 1 unspecified atom stereocenters. The summed E-state index contributed by atoms with van der Waals surface area (Å²) in [6.45, 7) is 5.67. The highest BCUT2D eigenvalue weighted by atomic mass is 16.2. The largest absolute Gasteiger partial charge is 0.315 e. The average Bonchev–Trinajstić information content (AvgIpc) is 3.15. The van der Waals surface area contributed by atoms with E-state index < -0.39 is 6.04 Å². The number of carbonyl (C=O) groups is 1. The first-order valence-corrected chi connectivity index (χ1v) is 8.59. The van der Waals surface area contributed by atoms with Gasteiger partial charge in [-0.25, -0.2) is 9.97 Å². The van der Waals surface area contributed by atoms with Crippen LogP contribution >= 0.6 is 0 Å². The van der Waals surface area contributed by atoms with Gasteiger partial charge in [-0.2, -0.15) is 15.0 Å². The molecule has 0 saturated heterocycles. The minimum absolute atomic E-state index is 0.0535. The van der Waals surface area contributed by atoms with Gasteiger partial charge in [0.15, 0.2) is 11.6 Å². The second-order valence-electron chi connectivity index (χ2n) is 6.36. The van der Waals surface area contributed by atoms with E-state index in [9.17, 15) is 10.1 Å². The van der Waals surface area contributed by atoms with Gasteiger partial charge >= 0.3 is 0 Å². The summed E-state index contributed by atoms with van der Waals surface area (Å²) in [4.78, 5) is 23.2. The lowest BCUT2D eigenvalue weighted by molar-refractivity contribution is 0.0709. The predicted molar refractivity (Wildman–Crippen MR) is 100 cm³/mol. The normalized spacial score (nSPS) is 11.6. The van der Waals surface area contributed by atoms with Crippen LogP contribution in [0.15, 0.2) is 48.9 Å². The molecule has 1 amide bonds. The molecule has 0 aliphatic carbocycles. The Labute approximate surface area is 157 Å². The molecule has 3 aromatic rings. The van der Waals surface area contributed by atoms with E-state index in [-0.39, 0.29) is 12.5 Å². The highest BCUT2D eigenvalue weighted by Gasteiger charge is 2.27. The summed E-state index contributed by atoms with van der Waals surface area (Å²) in [5.74, 6) is 0.931. The van der Waals surface area contributed by atoms with E-state index in [4.69, 9.17) is 0 Å². The number of aromatic nitrogens is 4. The molecule has 7 nitrogen and oxygen atoms in total. The van der Waals surface area contributed by atoms with E-state index >= 15 is 0 Å². The van der Waals surface area contributed by atoms with Crippen LogP contribution in [0.1, 0.15) is 40.3 Å². The molecule has 0 spiro atoms. The van der Waals surface area contributed by atoms with Crippen molar-refractivity contribution in [2.45, 2.75) is 26.8 Å². The smallest absolute Gasteiger partial charge is 0.255 e. The monoisotopic (exact) mass is 360 g/mol. The van der Waals surface area contributed by atoms with Crippen LogP contribution in [-0.4, -0.2) is 37.1 Å². The van der Waals surface area contributed by atoms with E-state index in [1.165, 1.54) is 11.2 Å². The summed E-state index contributed by atoms with van der Waals surface area (Å²) in [6.07, 6.45) is 3.09. The van der Waals surface area contributed by atoms with Crippen molar-refractivity contribution in [1.29, 1.82) is 5.26 Å². The molecule has 0 bridgehead atoms. The van der Waals surface area contributed by atoms with Gasteiger partial charge in [0.25, 0.3) is 5.91 Å². The first-order chi connectivity index (χ1) is 13.0. The zero-order chi connectivity index (χ0) is 19.4. The Hall–Kier alpha value is -3.53. The molecule has 3 rings (SSSR count). The number of rotatable bonds is 5. The van der Waals surface area contributed by atoms with Gasteiger partial charge < -0.3 is 4.90 Å². The number of hydrogen-bond acceptors (Lipinski definition) is 5. The summed E-state index contributed by atoms with van der Waals surface area (Å²) >= 11 is 0. The third kappa shape index (κ3) is 3.85. The summed E-state index contributed by atoms with van der Waals surface area (Å²) < 4.78 is 1.59. The summed E-state index contributed by atoms with van der Waals surface area (Å²) in [7, 11) is 0. The van der Waals surface area contributed by atoms with Crippen molar-refractivity contribution in [2.75, 3.05) is 6.54 Å². The molecule has 0 aliphatic rings. The van der Waals surface area contributed by atoms with Crippen molar-refractivity contribution in [2.24, 2.45) is 0 Å². The molecule has 136 valence electrons. The SMILES string of the molecule is Cc1cc(C)cc(C(=O)N(CC#N)C(C)c2ncnn2-c2ccccn2)c1. The zero-order valence-corrected chi connectivity index (χ0v) is 15.5. The average molecular weight is 360 g/mol. The molecule has 2 heterocycles. The van der Waals surface area contributed by atoms with E-state index in [0.717, 1.165) is 11.1 Å². The van der Waals surface area contributed by atoms with Gasteiger partial charge in [-0.15, -0.1) is 0 Å². The van der Waals surface area contributed by atoms with Gasteiger partial charge in [0, 0.05) is 11.8 Å². The van der Waals surface area contributed by atoms with Gasteiger partial charge in [0.1, 0.15) is 12.9 Å². The van der Waals surface area contributed by atoms with Crippen molar-refractivity contribution in [3.63, 3.8) is 0 Å². The van der Waals surface area contributed by atoms with Crippen LogP contribution in [0.4, 0.5) is 0 Å². The number of nitriles is 1. The van der Waals surface area contributed by atoms with Crippen LogP contribution in [0.2, 0.25) is 0 Å². The van der Waals surface area contributed by atoms with E-state index in [1.807, 2.05) is 57.2 Å². The van der Waals surface area contributed by atoms with E-state index in [0.29, 0.717) is 17.2 Å². The Bertz CT molecular complexity index is 969. The second-order valence-corrected chi connectivity index (χ2v) is 6.36. The zero-order valence-electron chi connectivity index (χ0n) is 15.5. The number of amides is 1. The summed E-state index contributed by atoms with van der Waals surface area (Å²) in [5, 5.41) is 13.5. The Morgan fingerprint density at radius 1 is 1.22 bits per heavy atom. The number of nitrogens with zero attached hydrogens (tertiary/aromatic N) is 6. The molecule has 7 heteroatoms. The van der Waals surface area contributed by atoms with Gasteiger partial charge in [-0.1, -0.05) is 23.3 Å². The summed E-state index contributed by atoms with van der Waals surface area (Å²) in [6, 6.07) is 12.8. The number of pyridine rings is 1. The molecule has 0 fully saturated rings. The van der Waals surface area contributed by atoms with Gasteiger partial charge in [-0.3, -0.25) is 4.79 Å². The highest BCUT2D eigenvalue weighted by molar-refractivity contribution is 5.95. The molecular formula is C20H20N6O. The lowest BCUT2D eigenvalue weighted by Crippen LogP contribution is -2.35. The van der Waals surface area contributed by atoms with Crippen LogP contribution in [0, 0.1) is 25.2 Å². The minimum atomic E-state index is -0.456. The quantitative estimate of drug-likeness (QED) is 0.653. The van der Waals surface area contributed by atoms with Gasteiger partial charge in [-0.05, 0) is 45.0 Å².